The fraction of sp³-hybridized carbons (Fsp3) is 0.241. The topological polar surface area (TPSA) is 65.5 Å². The molecule has 0 unspecified atom stereocenters. The van der Waals surface area contributed by atoms with Crippen molar-refractivity contribution in [3.05, 3.63) is 83.0 Å². The SMILES string of the molecule is Cc1cc(Cl)cc(-c2cnc3ccc(-c4cccc(O)c4)cc3c2C(=O)N(C)C[C@H]2CCCN2)c1. The van der Waals surface area contributed by atoms with Gasteiger partial charge >= 0.3 is 0 Å². The van der Waals surface area contributed by atoms with Crippen LogP contribution in [0, 0.1) is 6.92 Å². The Kier molecular flexibility index (Phi) is 6.46. The second kappa shape index (κ2) is 9.68. The highest BCUT2D eigenvalue weighted by atomic mass is 35.5. The molecule has 0 saturated carbocycles. The van der Waals surface area contributed by atoms with Crippen molar-refractivity contribution in [3.8, 4) is 28.0 Å². The molecule has 1 saturated heterocycles. The lowest BCUT2D eigenvalue weighted by molar-refractivity contribution is 0.0786. The molecule has 1 atom stereocenters. The zero-order valence-electron chi connectivity index (χ0n) is 19.9. The van der Waals surface area contributed by atoms with E-state index in [9.17, 15) is 9.90 Å². The first-order valence-electron chi connectivity index (χ1n) is 11.9. The maximum absolute atomic E-state index is 14.0. The predicted octanol–water partition coefficient (Wildman–Crippen LogP) is 6.06. The zero-order valence-corrected chi connectivity index (χ0v) is 20.6. The maximum atomic E-state index is 14.0. The third kappa shape index (κ3) is 4.88. The van der Waals surface area contributed by atoms with Crippen LogP contribution in [0.5, 0.6) is 5.75 Å². The molecular weight excluding hydrogens is 458 g/mol. The number of phenolic OH excluding ortho intramolecular Hbond substituents is 1. The van der Waals surface area contributed by atoms with E-state index in [2.05, 4.69) is 5.32 Å². The molecule has 1 aromatic heterocycles. The molecule has 3 aromatic carbocycles. The first kappa shape index (κ1) is 23.3. The average Bonchev–Trinajstić information content (AvgIpc) is 3.35. The van der Waals surface area contributed by atoms with Crippen LogP contribution in [0.4, 0.5) is 0 Å². The highest BCUT2D eigenvalue weighted by Crippen LogP contribution is 2.35. The number of halogens is 1. The van der Waals surface area contributed by atoms with E-state index in [1.165, 1.54) is 0 Å². The Morgan fingerprint density at radius 1 is 1.11 bits per heavy atom. The van der Waals surface area contributed by atoms with Crippen molar-refractivity contribution in [2.45, 2.75) is 25.8 Å². The molecular formula is C29H28ClN3O2. The fourth-order valence-corrected chi connectivity index (χ4v) is 5.21. The summed E-state index contributed by atoms with van der Waals surface area (Å²) in [6.45, 7) is 3.62. The largest absolute Gasteiger partial charge is 0.508 e. The molecule has 1 amide bonds. The maximum Gasteiger partial charge on any atom is 0.255 e. The van der Waals surface area contributed by atoms with Crippen LogP contribution in [0.15, 0.2) is 66.9 Å². The minimum absolute atomic E-state index is 0.0493. The average molecular weight is 486 g/mol. The van der Waals surface area contributed by atoms with E-state index in [1.54, 1.807) is 23.2 Å². The van der Waals surface area contributed by atoms with Crippen molar-refractivity contribution in [2.24, 2.45) is 0 Å². The van der Waals surface area contributed by atoms with Crippen LogP contribution in [0.1, 0.15) is 28.8 Å². The number of amides is 1. The number of nitrogens with one attached hydrogen (secondary N) is 1. The molecule has 0 bridgehead atoms. The third-order valence-corrected chi connectivity index (χ3v) is 6.84. The van der Waals surface area contributed by atoms with Crippen LogP contribution in [-0.4, -0.2) is 47.1 Å². The molecule has 1 aliphatic rings. The molecule has 6 heteroatoms. The Bertz CT molecular complexity index is 1390. The zero-order chi connectivity index (χ0) is 24.5. The van der Waals surface area contributed by atoms with Crippen LogP contribution in [0.25, 0.3) is 33.2 Å². The first-order chi connectivity index (χ1) is 16.9. The minimum atomic E-state index is -0.0493. The van der Waals surface area contributed by atoms with E-state index in [1.807, 2.05) is 62.5 Å². The molecule has 0 aliphatic carbocycles. The number of benzene rings is 3. The van der Waals surface area contributed by atoms with Gasteiger partial charge in [0.05, 0.1) is 11.1 Å². The molecule has 1 aliphatic heterocycles. The van der Waals surface area contributed by atoms with E-state index in [0.717, 1.165) is 58.1 Å². The van der Waals surface area contributed by atoms with Crippen LogP contribution in [-0.2, 0) is 0 Å². The van der Waals surface area contributed by atoms with Crippen LogP contribution in [0.3, 0.4) is 0 Å². The molecule has 5 nitrogen and oxygen atoms in total. The predicted molar refractivity (Wildman–Crippen MR) is 142 cm³/mol. The highest BCUT2D eigenvalue weighted by Gasteiger charge is 2.24. The van der Waals surface area contributed by atoms with Gasteiger partial charge in [0.25, 0.3) is 5.91 Å². The molecule has 0 spiro atoms. The Morgan fingerprint density at radius 2 is 1.94 bits per heavy atom. The summed E-state index contributed by atoms with van der Waals surface area (Å²) in [5.74, 6) is 0.149. The summed E-state index contributed by atoms with van der Waals surface area (Å²) < 4.78 is 0. The summed E-state index contributed by atoms with van der Waals surface area (Å²) in [5.41, 5.74) is 5.77. The smallest absolute Gasteiger partial charge is 0.255 e. The quantitative estimate of drug-likeness (QED) is 0.360. The molecule has 0 radical (unpaired) electrons. The number of rotatable bonds is 5. The Balaban J connectivity index is 1.69. The number of aryl methyl sites for hydroxylation is 1. The number of hydrogen-bond acceptors (Lipinski definition) is 4. The summed E-state index contributed by atoms with van der Waals surface area (Å²) in [6.07, 6.45) is 3.97. The second-order valence-electron chi connectivity index (χ2n) is 9.33. The van der Waals surface area contributed by atoms with E-state index < -0.39 is 0 Å². The number of nitrogens with zero attached hydrogens (tertiary/aromatic N) is 2. The lowest BCUT2D eigenvalue weighted by atomic mass is 9.93. The number of carbonyl (C=O) groups excluding carboxylic acids is 1. The van der Waals surface area contributed by atoms with Gasteiger partial charge in [-0.1, -0.05) is 35.9 Å². The van der Waals surface area contributed by atoms with Gasteiger partial charge in [0, 0.05) is 41.8 Å². The summed E-state index contributed by atoms with van der Waals surface area (Å²) in [4.78, 5) is 20.5. The van der Waals surface area contributed by atoms with Crippen molar-refractivity contribution < 1.29 is 9.90 Å². The number of fused-ring (bicyclic) bond motifs is 1. The van der Waals surface area contributed by atoms with Gasteiger partial charge in [0.15, 0.2) is 0 Å². The van der Waals surface area contributed by atoms with Gasteiger partial charge < -0.3 is 15.3 Å². The van der Waals surface area contributed by atoms with Gasteiger partial charge in [-0.2, -0.15) is 0 Å². The fourth-order valence-electron chi connectivity index (χ4n) is 4.92. The van der Waals surface area contributed by atoms with Crippen LogP contribution < -0.4 is 5.32 Å². The standard InChI is InChI=1S/C29H28ClN3O2/c1-18-11-21(13-22(30)12-18)26-16-32-27-9-8-20(19-5-3-7-24(34)14-19)15-25(27)28(26)29(35)33(2)17-23-6-4-10-31-23/h3,5,7-9,11-16,23,31,34H,4,6,10,17H2,1-2H3/t23-/m1/s1. The van der Waals surface area contributed by atoms with Crippen molar-refractivity contribution in [1.82, 2.24) is 15.2 Å². The number of hydrogen-bond donors (Lipinski definition) is 2. The van der Waals surface area contributed by atoms with Gasteiger partial charge in [-0.15, -0.1) is 0 Å². The Morgan fingerprint density at radius 3 is 2.69 bits per heavy atom. The highest BCUT2D eigenvalue weighted by molar-refractivity contribution is 6.31. The first-order valence-corrected chi connectivity index (χ1v) is 12.3. The van der Waals surface area contributed by atoms with Crippen molar-refractivity contribution >= 4 is 28.4 Å². The van der Waals surface area contributed by atoms with E-state index in [4.69, 9.17) is 16.6 Å². The van der Waals surface area contributed by atoms with Crippen molar-refractivity contribution in [2.75, 3.05) is 20.1 Å². The molecule has 178 valence electrons. The molecule has 4 aromatic rings. The number of phenols is 1. The van der Waals surface area contributed by atoms with Gasteiger partial charge in [0.2, 0.25) is 0 Å². The Hall–Kier alpha value is -3.41. The van der Waals surface area contributed by atoms with Crippen molar-refractivity contribution in [3.63, 3.8) is 0 Å². The lowest BCUT2D eigenvalue weighted by Gasteiger charge is -2.24. The normalized spacial score (nSPS) is 15.5. The third-order valence-electron chi connectivity index (χ3n) is 6.62. The number of carbonyl (C=O) groups is 1. The molecule has 5 rings (SSSR count). The number of aromatic hydroxyl groups is 1. The molecule has 2 heterocycles. The van der Waals surface area contributed by atoms with Gasteiger partial charge in [0.1, 0.15) is 5.75 Å². The lowest BCUT2D eigenvalue weighted by Crippen LogP contribution is -2.38. The summed E-state index contributed by atoms with van der Waals surface area (Å²) >= 11 is 6.40. The number of aromatic nitrogens is 1. The van der Waals surface area contributed by atoms with E-state index in [0.29, 0.717) is 23.2 Å². The van der Waals surface area contributed by atoms with Gasteiger partial charge in [-0.25, -0.2) is 0 Å². The molecule has 1 fully saturated rings. The van der Waals surface area contributed by atoms with Crippen LogP contribution in [0.2, 0.25) is 5.02 Å². The summed E-state index contributed by atoms with van der Waals surface area (Å²) in [5, 5.41) is 14.9. The second-order valence-corrected chi connectivity index (χ2v) is 9.76. The number of likely N-dealkylation sites (N-methyl/N-ethyl adjacent to an activating group) is 1. The van der Waals surface area contributed by atoms with Crippen molar-refractivity contribution in [1.29, 1.82) is 0 Å². The van der Waals surface area contributed by atoms with E-state index in [-0.39, 0.29) is 11.7 Å². The Labute approximate surface area is 210 Å². The summed E-state index contributed by atoms with van der Waals surface area (Å²) in [6, 6.07) is 19.1. The monoisotopic (exact) mass is 485 g/mol. The minimum Gasteiger partial charge on any atom is -0.508 e. The molecule has 2 N–H and O–H groups in total. The molecule has 35 heavy (non-hydrogen) atoms. The summed E-state index contributed by atoms with van der Waals surface area (Å²) in [7, 11) is 1.86. The number of pyridine rings is 1. The van der Waals surface area contributed by atoms with E-state index >= 15 is 0 Å². The van der Waals surface area contributed by atoms with Crippen LogP contribution >= 0.6 is 11.6 Å². The van der Waals surface area contributed by atoms with Gasteiger partial charge in [-0.3, -0.25) is 9.78 Å². The van der Waals surface area contributed by atoms with Gasteiger partial charge in [-0.05, 0) is 85.0 Å².